The van der Waals surface area contributed by atoms with Crippen molar-refractivity contribution < 1.29 is 4.79 Å². The third-order valence-corrected chi connectivity index (χ3v) is 4.57. The fourth-order valence-electron chi connectivity index (χ4n) is 2.95. The number of rotatable bonds is 4. The minimum absolute atomic E-state index is 0.217. The van der Waals surface area contributed by atoms with Crippen LogP contribution in [-0.2, 0) is 0 Å². The summed E-state index contributed by atoms with van der Waals surface area (Å²) < 4.78 is 2.13. The molecule has 4 nitrogen and oxygen atoms in total. The number of carbonyl (C=O) groups excluding carboxylic acids is 1. The smallest absolute Gasteiger partial charge is 0.271 e. The van der Waals surface area contributed by atoms with E-state index in [1.807, 2.05) is 69.3 Å². The van der Waals surface area contributed by atoms with Gasteiger partial charge in [-0.05, 0) is 62.7 Å². The van der Waals surface area contributed by atoms with Gasteiger partial charge < -0.3 is 4.57 Å². The van der Waals surface area contributed by atoms with E-state index in [-0.39, 0.29) is 5.91 Å². The number of benzene rings is 2. The Morgan fingerprint density at radius 3 is 2.46 bits per heavy atom. The predicted octanol–water partition coefficient (Wildman–Crippen LogP) is 4.82. The second kappa shape index (κ2) is 7.58. The maximum Gasteiger partial charge on any atom is 0.271 e. The highest BCUT2D eigenvalue weighted by Gasteiger charge is 2.10. The zero-order valence-electron chi connectivity index (χ0n) is 15.0. The molecule has 0 saturated carbocycles. The Hall–Kier alpha value is -2.85. The molecule has 2 aromatic carbocycles. The largest absolute Gasteiger partial charge is 0.318 e. The predicted molar refractivity (Wildman–Crippen MR) is 106 cm³/mol. The summed E-state index contributed by atoms with van der Waals surface area (Å²) >= 11 is 5.97. The number of aromatic nitrogens is 1. The summed E-state index contributed by atoms with van der Waals surface area (Å²) in [5.74, 6) is -0.217. The van der Waals surface area contributed by atoms with Gasteiger partial charge >= 0.3 is 0 Å². The number of hydrogen-bond donors (Lipinski definition) is 1. The second-order valence-electron chi connectivity index (χ2n) is 6.15. The highest BCUT2D eigenvalue weighted by molar-refractivity contribution is 6.30. The topological polar surface area (TPSA) is 46.4 Å². The van der Waals surface area contributed by atoms with Crippen LogP contribution in [0, 0.1) is 20.8 Å². The lowest BCUT2D eigenvalue weighted by atomic mass is 10.1. The van der Waals surface area contributed by atoms with E-state index >= 15 is 0 Å². The molecule has 1 N–H and O–H groups in total. The fourth-order valence-corrected chi connectivity index (χ4v) is 3.08. The Balaban J connectivity index is 1.79. The summed E-state index contributed by atoms with van der Waals surface area (Å²) in [7, 11) is 0. The van der Waals surface area contributed by atoms with Gasteiger partial charge in [0.15, 0.2) is 0 Å². The third kappa shape index (κ3) is 3.70. The van der Waals surface area contributed by atoms with Crippen LogP contribution in [0.4, 0.5) is 0 Å². The zero-order chi connectivity index (χ0) is 18.7. The van der Waals surface area contributed by atoms with Crippen molar-refractivity contribution in [3.05, 3.63) is 87.7 Å². The normalized spacial score (nSPS) is 11.1. The third-order valence-electron chi connectivity index (χ3n) is 4.31. The minimum atomic E-state index is -0.217. The van der Waals surface area contributed by atoms with Gasteiger partial charge in [0, 0.05) is 33.2 Å². The van der Waals surface area contributed by atoms with E-state index in [0.717, 1.165) is 28.2 Å². The van der Waals surface area contributed by atoms with Gasteiger partial charge in [-0.3, -0.25) is 4.79 Å². The van der Waals surface area contributed by atoms with Crippen LogP contribution in [0.15, 0.2) is 59.7 Å². The summed E-state index contributed by atoms with van der Waals surface area (Å²) in [6, 6.07) is 17.1. The molecular weight excluding hydrogens is 346 g/mol. The lowest BCUT2D eigenvalue weighted by Crippen LogP contribution is -2.18. The standard InChI is InChI=1S/C21H20ClN3O/c1-14-6-4-5-7-20(14)21(26)24-23-13-17-12-15(2)25(16(17)3)19-10-8-18(22)9-11-19/h4-13H,1-3H3,(H,24,26)/b23-13-. The van der Waals surface area contributed by atoms with Crippen molar-refractivity contribution in [3.8, 4) is 5.69 Å². The Morgan fingerprint density at radius 2 is 1.77 bits per heavy atom. The van der Waals surface area contributed by atoms with Crippen LogP contribution >= 0.6 is 11.6 Å². The Bertz CT molecular complexity index is 971. The molecule has 1 aromatic heterocycles. The highest BCUT2D eigenvalue weighted by Crippen LogP contribution is 2.21. The summed E-state index contributed by atoms with van der Waals surface area (Å²) in [5.41, 5.74) is 8.24. The second-order valence-corrected chi connectivity index (χ2v) is 6.59. The number of hydrazone groups is 1. The van der Waals surface area contributed by atoms with Gasteiger partial charge in [0.05, 0.1) is 6.21 Å². The van der Waals surface area contributed by atoms with E-state index in [1.165, 1.54) is 0 Å². The molecule has 0 fully saturated rings. The van der Waals surface area contributed by atoms with Crippen molar-refractivity contribution in [2.45, 2.75) is 20.8 Å². The molecule has 3 rings (SSSR count). The van der Waals surface area contributed by atoms with Crippen LogP contribution in [0.3, 0.4) is 0 Å². The average molecular weight is 366 g/mol. The van der Waals surface area contributed by atoms with Crippen molar-refractivity contribution in [1.29, 1.82) is 0 Å². The number of amides is 1. The fraction of sp³-hybridized carbons (Fsp3) is 0.143. The molecule has 0 atom stereocenters. The molecule has 0 aliphatic carbocycles. The molecule has 0 saturated heterocycles. The van der Waals surface area contributed by atoms with E-state index < -0.39 is 0 Å². The number of nitrogens with zero attached hydrogens (tertiary/aromatic N) is 2. The molecule has 3 aromatic rings. The van der Waals surface area contributed by atoms with Crippen LogP contribution in [0.1, 0.15) is 32.9 Å². The first-order valence-electron chi connectivity index (χ1n) is 8.31. The molecule has 26 heavy (non-hydrogen) atoms. The van der Waals surface area contributed by atoms with Gasteiger partial charge in [-0.2, -0.15) is 5.10 Å². The Morgan fingerprint density at radius 1 is 1.08 bits per heavy atom. The number of aryl methyl sites for hydroxylation is 2. The molecule has 5 heteroatoms. The van der Waals surface area contributed by atoms with Gasteiger partial charge in [-0.1, -0.05) is 29.8 Å². The number of carbonyl (C=O) groups is 1. The lowest BCUT2D eigenvalue weighted by molar-refractivity contribution is 0.0954. The minimum Gasteiger partial charge on any atom is -0.318 e. The van der Waals surface area contributed by atoms with Crippen molar-refractivity contribution >= 4 is 23.7 Å². The maximum atomic E-state index is 12.2. The molecule has 1 amide bonds. The van der Waals surface area contributed by atoms with Crippen LogP contribution in [0.2, 0.25) is 5.02 Å². The Kier molecular flexibility index (Phi) is 5.24. The number of hydrogen-bond acceptors (Lipinski definition) is 2. The van der Waals surface area contributed by atoms with Gasteiger partial charge in [0.1, 0.15) is 0 Å². The number of halogens is 1. The van der Waals surface area contributed by atoms with Crippen molar-refractivity contribution in [1.82, 2.24) is 9.99 Å². The molecule has 0 aliphatic rings. The maximum absolute atomic E-state index is 12.2. The summed E-state index contributed by atoms with van der Waals surface area (Å²) in [5, 5.41) is 4.83. The van der Waals surface area contributed by atoms with Crippen LogP contribution in [-0.4, -0.2) is 16.7 Å². The first kappa shape index (κ1) is 18.0. The summed E-state index contributed by atoms with van der Waals surface area (Å²) in [6.45, 7) is 5.95. The van der Waals surface area contributed by atoms with E-state index in [2.05, 4.69) is 15.1 Å². The summed E-state index contributed by atoms with van der Waals surface area (Å²) in [6.07, 6.45) is 1.67. The van der Waals surface area contributed by atoms with Crippen LogP contribution in [0.5, 0.6) is 0 Å². The molecule has 0 aliphatic heterocycles. The van der Waals surface area contributed by atoms with E-state index in [0.29, 0.717) is 10.6 Å². The van der Waals surface area contributed by atoms with Gasteiger partial charge in [0.2, 0.25) is 0 Å². The molecule has 0 spiro atoms. The molecular formula is C21H20ClN3O. The molecule has 132 valence electrons. The van der Waals surface area contributed by atoms with E-state index in [9.17, 15) is 4.79 Å². The first-order valence-corrected chi connectivity index (χ1v) is 8.69. The number of nitrogens with one attached hydrogen (secondary N) is 1. The van der Waals surface area contributed by atoms with Crippen molar-refractivity contribution in [3.63, 3.8) is 0 Å². The van der Waals surface area contributed by atoms with Crippen molar-refractivity contribution in [2.75, 3.05) is 0 Å². The zero-order valence-corrected chi connectivity index (χ0v) is 15.7. The average Bonchev–Trinajstić information content (AvgIpc) is 2.90. The van der Waals surface area contributed by atoms with Gasteiger partial charge in [-0.15, -0.1) is 0 Å². The summed E-state index contributed by atoms with van der Waals surface area (Å²) in [4.78, 5) is 12.2. The van der Waals surface area contributed by atoms with Gasteiger partial charge in [0.25, 0.3) is 5.91 Å². The van der Waals surface area contributed by atoms with Crippen LogP contribution in [0.25, 0.3) is 5.69 Å². The van der Waals surface area contributed by atoms with Gasteiger partial charge in [-0.25, -0.2) is 5.43 Å². The molecule has 1 heterocycles. The van der Waals surface area contributed by atoms with Crippen molar-refractivity contribution in [2.24, 2.45) is 5.10 Å². The SMILES string of the molecule is Cc1ccccc1C(=O)N/N=C\c1cc(C)n(-c2ccc(Cl)cc2)c1C. The quantitative estimate of drug-likeness (QED) is 0.523. The molecule has 0 bridgehead atoms. The first-order chi connectivity index (χ1) is 12.5. The van der Waals surface area contributed by atoms with Crippen LogP contribution < -0.4 is 5.43 Å². The molecule has 0 unspecified atom stereocenters. The highest BCUT2D eigenvalue weighted by atomic mass is 35.5. The van der Waals surface area contributed by atoms with E-state index in [1.54, 1.807) is 12.3 Å². The monoisotopic (exact) mass is 365 g/mol. The Labute approximate surface area is 158 Å². The van der Waals surface area contributed by atoms with E-state index in [4.69, 9.17) is 11.6 Å². The lowest BCUT2D eigenvalue weighted by Gasteiger charge is -2.09. The molecule has 0 radical (unpaired) electrons.